The largest absolute Gasteiger partial charge is 0.478 e. The van der Waals surface area contributed by atoms with Crippen molar-refractivity contribution in [2.45, 2.75) is 6.92 Å². The minimum absolute atomic E-state index is 0.149. The van der Waals surface area contributed by atoms with Crippen LogP contribution < -0.4 is 5.32 Å². The van der Waals surface area contributed by atoms with Gasteiger partial charge < -0.3 is 10.4 Å². The molecule has 0 atom stereocenters. The summed E-state index contributed by atoms with van der Waals surface area (Å²) in [5.41, 5.74) is 1.07. The second-order valence-electron chi connectivity index (χ2n) is 3.98. The van der Waals surface area contributed by atoms with E-state index in [1.165, 1.54) is 6.07 Å². The maximum Gasteiger partial charge on any atom is 0.336 e. The molecule has 0 spiro atoms. The summed E-state index contributed by atoms with van der Waals surface area (Å²) in [7, 11) is 0. The fraction of sp³-hybridized carbons (Fsp3) is 0.0833. The van der Waals surface area contributed by atoms with Gasteiger partial charge in [-0.3, -0.25) is 10.1 Å². The molecule has 0 radical (unpaired) electrons. The van der Waals surface area contributed by atoms with E-state index in [2.05, 4.69) is 15.3 Å². The normalized spacial score (nSPS) is 10.1. The molecule has 1 heterocycles. The summed E-state index contributed by atoms with van der Waals surface area (Å²) in [5, 5.41) is 22.3. The van der Waals surface area contributed by atoms with Gasteiger partial charge in [0, 0.05) is 5.69 Å². The van der Waals surface area contributed by atoms with Crippen molar-refractivity contribution in [1.82, 2.24) is 9.97 Å². The number of nitro groups is 1. The zero-order chi connectivity index (χ0) is 14.7. The van der Waals surface area contributed by atoms with Crippen molar-refractivity contribution in [1.29, 1.82) is 0 Å². The number of carboxylic acid groups (broad SMARTS) is 1. The first-order valence-electron chi connectivity index (χ1n) is 5.55. The molecule has 8 heteroatoms. The second kappa shape index (κ2) is 5.31. The molecular formula is C12H10N4O4. The van der Waals surface area contributed by atoms with Gasteiger partial charge in [0.2, 0.25) is 5.95 Å². The van der Waals surface area contributed by atoms with Crippen molar-refractivity contribution in [2.24, 2.45) is 0 Å². The van der Waals surface area contributed by atoms with E-state index < -0.39 is 10.9 Å². The zero-order valence-corrected chi connectivity index (χ0v) is 10.4. The lowest BCUT2D eigenvalue weighted by molar-refractivity contribution is -0.385. The maximum absolute atomic E-state index is 11.0. The molecule has 0 fully saturated rings. The van der Waals surface area contributed by atoms with Crippen LogP contribution in [0.3, 0.4) is 0 Å². The van der Waals surface area contributed by atoms with E-state index in [-0.39, 0.29) is 17.2 Å². The average Bonchev–Trinajstić information content (AvgIpc) is 2.41. The number of aromatic carboxylic acids is 1. The van der Waals surface area contributed by atoms with Crippen LogP contribution in [0.15, 0.2) is 30.6 Å². The number of hydrogen-bond acceptors (Lipinski definition) is 6. The lowest BCUT2D eigenvalue weighted by Crippen LogP contribution is -2.02. The molecule has 0 saturated heterocycles. The number of aryl methyl sites for hydroxylation is 1. The highest BCUT2D eigenvalue weighted by Gasteiger charge is 2.10. The molecule has 0 saturated carbocycles. The van der Waals surface area contributed by atoms with E-state index in [1.54, 1.807) is 19.1 Å². The lowest BCUT2D eigenvalue weighted by Gasteiger charge is -2.07. The van der Waals surface area contributed by atoms with Gasteiger partial charge in [0.25, 0.3) is 0 Å². The summed E-state index contributed by atoms with van der Waals surface area (Å²) in [5.74, 6) is -0.883. The van der Waals surface area contributed by atoms with Crippen LogP contribution >= 0.6 is 0 Å². The first kappa shape index (κ1) is 13.4. The van der Waals surface area contributed by atoms with Crippen LogP contribution in [0.4, 0.5) is 17.3 Å². The van der Waals surface area contributed by atoms with E-state index in [1.807, 2.05) is 0 Å². The summed E-state index contributed by atoms with van der Waals surface area (Å²) < 4.78 is 0. The summed E-state index contributed by atoms with van der Waals surface area (Å²) in [4.78, 5) is 28.4. The molecular weight excluding hydrogens is 264 g/mol. The molecule has 0 unspecified atom stereocenters. The highest BCUT2D eigenvalue weighted by molar-refractivity contribution is 5.90. The number of aromatic nitrogens is 2. The molecule has 1 aromatic carbocycles. The minimum atomic E-state index is -1.03. The van der Waals surface area contributed by atoms with Crippen molar-refractivity contribution in [3.63, 3.8) is 0 Å². The quantitative estimate of drug-likeness (QED) is 0.647. The minimum Gasteiger partial charge on any atom is -0.478 e. The summed E-state index contributed by atoms with van der Waals surface area (Å²) in [6.45, 7) is 1.69. The number of anilines is 2. The summed E-state index contributed by atoms with van der Waals surface area (Å²) in [6.07, 6.45) is 2.14. The predicted molar refractivity (Wildman–Crippen MR) is 70.1 cm³/mol. The van der Waals surface area contributed by atoms with Gasteiger partial charge in [-0.15, -0.1) is 0 Å². The molecule has 2 N–H and O–H groups in total. The van der Waals surface area contributed by atoms with Gasteiger partial charge >= 0.3 is 11.7 Å². The molecule has 2 rings (SSSR count). The van der Waals surface area contributed by atoms with Crippen molar-refractivity contribution >= 4 is 23.3 Å². The lowest BCUT2D eigenvalue weighted by atomic mass is 10.1. The third-order valence-electron chi connectivity index (χ3n) is 2.57. The Morgan fingerprint density at radius 2 is 2.00 bits per heavy atom. The third kappa shape index (κ3) is 2.86. The zero-order valence-electron chi connectivity index (χ0n) is 10.4. The highest BCUT2D eigenvalue weighted by atomic mass is 16.6. The Morgan fingerprint density at radius 1 is 1.35 bits per heavy atom. The summed E-state index contributed by atoms with van der Waals surface area (Å²) >= 11 is 0. The molecule has 0 aliphatic heterocycles. The molecule has 8 nitrogen and oxygen atoms in total. The molecule has 0 aliphatic rings. The predicted octanol–water partition coefficient (Wildman–Crippen LogP) is 2.14. The first-order chi connectivity index (χ1) is 9.47. The van der Waals surface area contributed by atoms with Crippen molar-refractivity contribution in [2.75, 3.05) is 5.32 Å². The van der Waals surface area contributed by atoms with Gasteiger partial charge in [0.05, 0.1) is 10.5 Å². The van der Waals surface area contributed by atoms with Gasteiger partial charge in [-0.2, -0.15) is 0 Å². The molecule has 0 amide bonds. The monoisotopic (exact) mass is 274 g/mol. The number of carboxylic acids is 1. The average molecular weight is 274 g/mol. The SMILES string of the molecule is Cc1ccc(Nc2ncc([N+](=O)[O-])cn2)cc1C(=O)O. The molecule has 2 aromatic rings. The van der Waals surface area contributed by atoms with E-state index >= 15 is 0 Å². The van der Waals surface area contributed by atoms with E-state index in [0.717, 1.165) is 12.4 Å². The van der Waals surface area contributed by atoms with Crippen molar-refractivity contribution in [3.05, 3.63) is 51.8 Å². The fourth-order valence-electron chi connectivity index (χ4n) is 1.54. The fourth-order valence-corrected chi connectivity index (χ4v) is 1.54. The van der Waals surface area contributed by atoms with E-state index in [4.69, 9.17) is 5.11 Å². The molecule has 20 heavy (non-hydrogen) atoms. The van der Waals surface area contributed by atoms with Gasteiger partial charge in [-0.1, -0.05) is 6.07 Å². The Balaban J connectivity index is 2.23. The van der Waals surface area contributed by atoms with E-state index in [0.29, 0.717) is 11.3 Å². The van der Waals surface area contributed by atoms with Crippen LogP contribution in [0.25, 0.3) is 0 Å². The Labute approximate surface area is 113 Å². The number of benzene rings is 1. The molecule has 102 valence electrons. The Kier molecular flexibility index (Phi) is 3.56. The van der Waals surface area contributed by atoms with Gasteiger partial charge in [0.1, 0.15) is 12.4 Å². The first-order valence-corrected chi connectivity index (χ1v) is 5.55. The van der Waals surface area contributed by atoms with Crippen LogP contribution in [0, 0.1) is 17.0 Å². The Morgan fingerprint density at radius 3 is 2.55 bits per heavy atom. The number of rotatable bonds is 4. The number of hydrogen-bond donors (Lipinski definition) is 2. The van der Waals surface area contributed by atoms with Crippen LogP contribution in [-0.2, 0) is 0 Å². The number of nitrogens with zero attached hydrogens (tertiary/aromatic N) is 3. The third-order valence-corrected chi connectivity index (χ3v) is 2.57. The Bertz CT molecular complexity index is 670. The smallest absolute Gasteiger partial charge is 0.336 e. The second-order valence-corrected chi connectivity index (χ2v) is 3.98. The topological polar surface area (TPSA) is 118 Å². The Hall–Kier alpha value is -3.03. The highest BCUT2D eigenvalue weighted by Crippen LogP contribution is 2.18. The van der Waals surface area contributed by atoms with Gasteiger partial charge in [-0.05, 0) is 24.6 Å². The number of carbonyl (C=O) groups is 1. The van der Waals surface area contributed by atoms with Crippen LogP contribution in [0.5, 0.6) is 0 Å². The van der Waals surface area contributed by atoms with Gasteiger partial charge in [-0.25, -0.2) is 14.8 Å². The van der Waals surface area contributed by atoms with Crippen molar-refractivity contribution in [3.8, 4) is 0 Å². The maximum atomic E-state index is 11.0. The number of nitrogens with one attached hydrogen (secondary N) is 1. The van der Waals surface area contributed by atoms with Crippen molar-refractivity contribution < 1.29 is 14.8 Å². The van der Waals surface area contributed by atoms with Crippen LogP contribution in [0.1, 0.15) is 15.9 Å². The molecule has 1 aromatic heterocycles. The molecule has 0 aliphatic carbocycles. The van der Waals surface area contributed by atoms with E-state index in [9.17, 15) is 14.9 Å². The standard InChI is InChI=1S/C12H10N4O4/c1-7-2-3-8(4-10(7)11(17)18)15-12-13-5-9(6-14-12)16(19)20/h2-6H,1H3,(H,17,18)(H,13,14,15). The van der Waals surface area contributed by atoms with Crippen LogP contribution in [0.2, 0.25) is 0 Å². The summed E-state index contributed by atoms with van der Waals surface area (Å²) in [6, 6.07) is 4.77. The van der Waals surface area contributed by atoms with Crippen LogP contribution in [-0.4, -0.2) is 26.0 Å². The van der Waals surface area contributed by atoms with Gasteiger partial charge in [0.15, 0.2) is 0 Å². The molecule has 0 bridgehead atoms.